The summed E-state index contributed by atoms with van der Waals surface area (Å²) in [4.78, 5) is 36.1. The van der Waals surface area contributed by atoms with E-state index in [4.69, 9.17) is 0 Å². The molecule has 0 saturated carbocycles. The monoisotopic (exact) mass is 459 g/mol. The summed E-state index contributed by atoms with van der Waals surface area (Å²) in [5.74, 6) is -1.71. The fraction of sp³-hybridized carbons (Fsp3) is 0.222. The summed E-state index contributed by atoms with van der Waals surface area (Å²) in [5.41, 5.74) is 5.72. The molecule has 0 spiro atoms. The van der Waals surface area contributed by atoms with Crippen LogP contribution in [0.3, 0.4) is 0 Å². The van der Waals surface area contributed by atoms with Crippen LogP contribution in [0.1, 0.15) is 35.3 Å². The van der Waals surface area contributed by atoms with Crippen LogP contribution in [-0.2, 0) is 4.79 Å². The number of amides is 3. The topological polar surface area (TPSA) is 108 Å². The fourth-order valence-electron chi connectivity index (χ4n) is 3.54. The number of anilines is 2. The highest BCUT2D eigenvalue weighted by molar-refractivity contribution is 6.00. The fourth-order valence-corrected chi connectivity index (χ4v) is 3.54. The molecule has 0 aliphatic carbocycles. The summed E-state index contributed by atoms with van der Waals surface area (Å²) in [5, 5.41) is 17.5. The zero-order valence-electron chi connectivity index (χ0n) is 19.7. The molecule has 0 fully saturated rings. The van der Waals surface area contributed by atoms with Gasteiger partial charge < -0.3 is 21.1 Å². The molecule has 0 heterocycles. The second-order valence-corrected chi connectivity index (χ2v) is 8.59. The molecule has 3 aromatic carbocycles. The maximum atomic E-state index is 12.4. The van der Waals surface area contributed by atoms with Crippen LogP contribution < -0.4 is 16.0 Å². The van der Waals surface area contributed by atoms with E-state index in [0.29, 0.717) is 11.3 Å². The minimum atomic E-state index is -1.06. The van der Waals surface area contributed by atoms with E-state index in [1.54, 1.807) is 50.2 Å². The number of nitrogens with one attached hydrogen (secondary N) is 3. The molecular weight excluding hydrogens is 430 g/mol. The zero-order valence-corrected chi connectivity index (χ0v) is 19.7. The predicted molar refractivity (Wildman–Crippen MR) is 134 cm³/mol. The number of carboxylic acid groups (broad SMARTS) is 1. The van der Waals surface area contributed by atoms with E-state index in [2.05, 4.69) is 16.0 Å². The number of hydrogen-bond donors (Lipinski definition) is 4. The van der Waals surface area contributed by atoms with Gasteiger partial charge >= 0.3 is 12.0 Å². The van der Waals surface area contributed by atoms with Gasteiger partial charge in [0.1, 0.15) is 6.04 Å². The summed E-state index contributed by atoms with van der Waals surface area (Å²) < 4.78 is 0. The molecule has 3 aromatic rings. The maximum Gasteiger partial charge on any atom is 0.326 e. The van der Waals surface area contributed by atoms with Gasteiger partial charge in [-0.05, 0) is 66.8 Å². The normalized spacial score (nSPS) is 11.6. The van der Waals surface area contributed by atoms with Crippen LogP contribution in [0.4, 0.5) is 16.2 Å². The minimum absolute atomic E-state index is 0.226. The van der Waals surface area contributed by atoms with Crippen molar-refractivity contribution in [3.05, 3.63) is 83.4 Å². The lowest BCUT2D eigenvalue weighted by molar-refractivity contribution is -0.140. The quantitative estimate of drug-likeness (QED) is 0.377. The number of carbonyl (C=O) groups is 3. The number of carboxylic acids is 1. The molecule has 1 atom stereocenters. The Morgan fingerprint density at radius 3 is 1.91 bits per heavy atom. The van der Waals surface area contributed by atoms with Gasteiger partial charge in [0.05, 0.1) is 0 Å². The predicted octanol–water partition coefficient (Wildman–Crippen LogP) is 5.45. The van der Waals surface area contributed by atoms with Crippen molar-refractivity contribution < 1.29 is 19.5 Å². The molecule has 4 N–H and O–H groups in total. The Morgan fingerprint density at radius 1 is 0.794 bits per heavy atom. The molecule has 0 unspecified atom stereocenters. The highest BCUT2D eigenvalue weighted by Gasteiger charge is 2.23. The van der Waals surface area contributed by atoms with Crippen molar-refractivity contribution in [2.75, 3.05) is 10.6 Å². The number of carbonyl (C=O) groups excluding carboxylic acids is 2. The third-order valence-corrected chi connectivity index (χ3v) is 5.47. The van der Waals surface area contributed by atoms with Gasteiger partial charge in [0.15, 0.2) is 0 Å². The highest BCUT2D eigenvalue weighted by atomic mass is 16.4. The number of urea groups is 1. The molecule has 3 amide bonds. The highest BCUT2D eigenvalue weighted by Crippen LogP contribution is 2.23. The van der Waals surface area contributed by atoms with Crippen LogP contribution in [0, 0.1) is 19.8 Å². The van der Waals surface area contributed by atoms with Crippen molar-refractivity contribution in [2.24, 2.45) is 5.92 Å². The summed E-state index contributed by atoms with van der Waals surface area (Å²) in [6.07, 6.45) is 0. The number of rotatable bonds is 7. The molecule has 0 aliphatic heterocycles. The third-order valence-electron chi connectivity index (χ3n) is 5.47. The van der Waals surface area contributed by atoms with Gasteiger partial charge in [-0.3, -0.25) is 4.79 Å². The average molecular weight is 460 g/mol. The van der Waals surface area contributed by atoms with E-state index < -0.39 is 17.9 Å². The molecule has 0 bridgehead atoms. The Hall–Kier alpha value is -4.13. The molecular formula is C27H29N3O4. The Labute approximate surface area is 199 Å². The zero-order chi connectivity index (χ0) is 24.8. The molecule has 0 aliphatic rings. The standard InChI is InChI=1S/C27H29N3O4/c1-16(2)24(26(32)33)30-25(31)21-8-6-19(7-9-21)20-10-12-22(13-11-20)28-27(34)29-23-14-5-17(3)15-18(23)4/h5-16,24H,1-4H3,(H,30,31)(H,32,33)(H2,28,29,34)/t24-/m0/s1. The van der Waals surface area contributed by atoms with Crippen LogP contribution in [0.2, 0.25) is 0 Å². The molecule has 0 aromatic heterocycles. The first kappa shape index (κ1) is 24.5. The minimum Gasteiger partial charge on any atom is -0.480 e. The van der Waals surface area contributed by atoms with Crippen molar-refractivity contribution in [3.63, 3.8) is 0 Å². The number of aliphatic carboxylic acids is 1. The Bertz CT molecular complexity index is 1190. The van der Waals surface area contributed by atoms with Crippen molar-refractivity contribution in [3.8, 4) is 11.1 Å². The van der Waals surface area contributed by atoms with Gasteiger partial charge in [-0.2, -0.15) is 0 Å². The van der Waals surface area contributed by atoms with Crippen LogP contribution >= 0.6 is 0 Å². The first-order valence-electron chi connectivity index (χ1n) is 11.0. The van der Waals surface area contributed by atoms with Gasteiger partial charge in [-0.15, -0.1) is 0 Å². The average Bonchev–Trinajstić information content (AvgIpc) is 2.79. The summed E-state index contributed by atoms with van der Waals surface area (Å²) in [7, 11) is 0. The van der Waals surface area contributed by atoms with E-state index in [1.807, 2.05) is 44.2 Å². The van der Waals surface area contributed by atoms with Gasteiger partial charge in [0, 0.05) is 16.9 Å². The van der Waals surface area contributed by atoms with Gasteiger partial charge in [0.25, 0.3) is 5.91 Å². The second-order valence-electron chi connectivity index (χ2n) is 8.59. The number of aryl methyl sites for hydroxylation is 2. The smallest absolute Gasteiger partial charge is 0.326 e. The molecule has 34 heavy (non-hydrogen) atoms. The Morgan fingerprint density at radius 2 is 1.38 bits per heavy atom. The van der Waals surface area contributed by atoms with Crippen LogP contribution in [0.15, 0.2) is 66.7 Å². The maximum absolute atomic E-state index is 12.4. The third kappa shape index (κ3) is 6.22. The van der Waals surface area contributed by atoms with Crippen LogP contribution in [0.25, 0.3) is 11.1 Å². The van der Waals surface area contributed by atoms with Gasteiger partial charge in [0.2, 0.25) is 0 Å². The lowest BCUT2D eigenvalue weighted by Gasteiger charge is -2.18. The van der Waals surface area contributed by atoms with Gasteiger partial charge in [-0.25, -0.2) is 9.59 Å². The molecule has 0 radical (unpaired) electrons. The summed E-state index contributed by atoms with van der Waals surface area (Å²) >= 11 is 0. The number of benzene rings is 3. The lowest BCUT2D eigenvalue weighted by atomic mass is 10.0. The SMILES string of the molecule is Cc1ccc(NC(=O)Nc2ccc(-c3ccc(C(=O)N[C@H](C(=O)O)C(C)C)cc3)cc2)c(C)c1. The molecule has 0 saturated heterocycles. The first-order valence-corrected chi connectivity index (χ1v) is 11.0. The van der Waals surface area contributed by atoms with E-state index >= 15 is 0 Å². The Kier molecular flexibility index (Phi) is 7.68. The van der Waals surface area contributed by atoms with Crippen molar-refractivity contribution in [1.82, 2.24) is 5.32 Å². The largest absolute Gasteiger partial charge is 0.480 e. The van der Waals surface area contributed by atoms with E-state index in [0.717, 1.165) is 27.9 Å². The Balaban J connectivity index is 1.62. The number of hydrogen-bond acceptors (Lipinski definition) is 3. The van der Waals surface area contributed by atoms with Crippen LogP contribution in [-0.4, -0.2) is 29.1 Å². The van der Waals surface area contributed by atoms with Crippen molar-refractivity contribution in [1.29, 1.82) is 0 Å². The van der Waals surface area contributed by atoms with Crippen LogP contribution in [0.5, 0.6) is 0 Å². The van der Waals surface area contributed by atoms with E-state index in [1.165, 1.54) is 0 Å². The molecule has 176 valence electrons. The lowest BCUT2D eigenvalue weighted by Crippen LogP contribution is -2.44. The first-order chi connectivity index (χ1) is 16.1. The summed E-state index contributed by atoms with van der Waals surface area (Å²) in [6.45, 7) is 7.44. The molecule has 7 heteroatoms. The second kappa shape index (κ2) is 10.7. The van der Waals surface area contributed by atoms with Gasteiger partial charge in [-0.1, -0.05) is 55.8 Å². The summed E-state index contributed by atoms with van der Waals surface area (Å²) in [6, 6.07) is 18.8. The van der Waals surface area contributed by atoms with E-state index in [-0.39, 0.29) is 11.9 Å². The molecule has 3 rings (SSSR count). The van der Waals surface area contributed by atoms with Crippen molar-refractivity contribution >= 4 is 29.3 Å². The van der Waals surface area contributed by atoms with E-state index in [9.17, 15) is 19.5 Å². The molecule has 7 nitrogen and oxygen atoms in total. The van der Waals surface area contributed by atoms with Crippen molar-refractivity contribution in [2.45, 2.75) is 33.7 Å².